The Morgan fingerprint density at radius 3 is 2.10 bits per heavy atom. The maximum atomic E-state index is 13.2. The van der Waals surface area contributed by atoms with Gasteiger partial charge in [0.25, 0.3) is 0 Å². The van der Waals surface area contributed by atoms with Gasteiger partial charge in [-0.2, -0.15) is 0 Å². The Hall–Kier alpha value is -3.08. The minimum atomic E-state index is 0.0527. The molecule has 0 atom stereocenters. The van der Waals surface area contributed by atoms with Gasteiger partial charge in [-0.25, -0.2) is 0 Å². The zero-order valence-electron chi connectivity index (χ0n) is 18.5. The number of carbonyl (C=O) groups is 1. The molecular formula is C25H31N3O2. The number of benzene rings is 2. The highest BCUT2D eigenvalue weighted by Crippen LogP contribution is 2.33. The molecular weight excluding hydrogens is 374 g/mol. The van der Waals surface area contributed by atoms with Crippen molar-refractivity contribution in [2.24, 2.45) is 0 Å². The quantitative estimate of drug-likeness (QED) is 0.519. The molecule has 0 aliphatic heterocycles. The van der Waals surface area contributed by atoms with Crippen LogP contribution >= 0.6 is 0 Å². The molecule has 30 heavy (non-hydrogen) atoms. The number of aromatic nitrogens is 1. The average Bonchev–Trinajstić information content (AvgIpc) is 3.15. The standard InChI is InChI=1S/C25H31N3O2/c1-18(2)27(5)25-22(24(26-30-25)21-14-10-7-11-15-21)17-28(19(3)4)23(29)16-20-12-8-6-9-13-20/h6-15,18-19H,16-17H2,1-5H3. The largest absolute Gasteiger partial charge is 0.341 e. The van der Waals surface area contributed by atoms with Gasteiger partial charge in [0.05, 0.1) is 18.5 Å². The van der Waals surface area contributed by atoms with E-state index in [9.17, 15) is 4.79 Å². The van der Waals surface area contributed by atoms with Crippen molar-refractivity contribution in [1.29, 1.82) is 0 Å². The summed E-state index contributed by atoms with van der Waals surface area (Å²) in [6.45, 7) is 8.75. The van der Waals surface area contributed by atoms with Gasteiger partial charge >= 0.3 is 0 Å². The molecule has 1 heterocycles. The molecule has 3 rings (SSSR count). The number of hydrogen-bond donors (Lipinski definition) is 0. The number of amides is 1. The molecule has 5 heteroatoms. The third-order valence-corrected chi connectivity index (χ3v) is 5.38. The van der Waals surface area contributed by atoms with Gasteiger partial charge in [0.2, 0.25) is 11.8 Å². The summed E-state index contributed by atoms with van der Waals surface area (Å²) in [4.78, 5) is 17.2. The van der Waals surface area contributed by atoms with E-state index in [-0.39, 0.29) is 18.0 Å². The van der Waals surface area contributed by atoms with E-state index >= 15 is 0 Å². The lowest BCUT2D eigenvalue weighted by atomic mass is 10.0. The summed E-state index contributed by atoms with van der Waals surface area (Å²) in [6, 6.07) is 20.2. The molecule has 0 saturated heterocycles. The summed E-state index contributed by atoms with van der Waals surface area (Å²) in [6.07, 6.45) is 0.375. The summed E-state index contributed by atoms with van der Waals surface area (Å²) in [5.41, 5.74) is 3.73. The minimum absolute atomic E-state index is 0.0527. The second kappa shape index (κ2) is 9.61. The smallest absolute Gasteiger partial charge is 0.232 e. The molecule has 0 spiro atoms. The number of rotatable bonds is 8. The van der Waals surface area contributed by atoms with Gasteiger partial charge in [-0.1, -0.05) is 65.8 Å². The van der Waals surface area contributed by atoms with Gasteiger partial charge in [-0.05, 0) is 33.3 Å². The van der Waals surface area contributed by atoms with Crippen LogP contribution in [0.3, 0.4) is 0 Å². The Balaban J connectivity index is 1.96. The lowest BCUT2D eigenvalue weighted by Gasteiger charge is -2.29. The highest BCUT2D eigenvalue weighted by Gasteiger charge is 2.27. The van der Waals surface area contributed by atoms with Gasteiger partial charge < -0.3 is 14.3 Å². The zero-order chi connectivity index (χ0) is 21.7. The zero-order valence-corrected chi connectivity index (χ0v) is 18.5. The van der Waals surface area contributed by atoms with E-state index in [1.807, 2.05) is 86.5 Å². The van der Waals surface area contributed by atoms with Crippen LogP contribution in [0, 0.1) is 0 Å². The molecule has 158 valence electrons. The SMILES string of the molecule is CC(C)N(Cc1c(-c2ccccc2)noc1N(C)C(C)C)C(=O)Cc1ccccc1. The van der Waals surface area contributed by atoms with Crippen LogP contribution in [-0.4, -0.2) is 35.1 Å². The van der Waals surface area contributed by atoms with E-state index in [1.54, 1.807) is 0 Å². The first-order chi connectivity index (χ1) is 14.4. The van der Waals surface area contributed by atoms with Crippen molar-refractivity contribution in [3.8, 4) is 11.3 Å². The van der Waals surface area contributed by atoms with Crippen LogP contribution in [0.1, 0.15) is 38.8 Å². The van der Waals surface area contributed by atoms with Gasteiger partial charge in [-0.3, -0.25) is 4.79 Å². The molecule has 0 aliphatic carbocycles. The molecule has 0 N–H and O–H groups in total. The predicted molar refractivity (Wildman–Crippen MR) is 121 cm³/mol. The monoisotopic (exact) mass is 405 g/mol. The lowest BCUT2D eigenvalue weighted by Crippen LogP contribution is -2.38. The van der Waals surface area contributed by atoms with Crippen molar-refractivity contribution in [2.75, 3.05) is 11.9 Å². The Morgan fingerprint density at radius 2 is 1.53 bits per heavy atom. The summed E-state index contributed by atoms with van der Waals surface area (Å²) < 4.78 is 5.79. The van der Waals surface area contributed by atoms with Crippen molar-refractivity contribution < 1.29 is 9.32 Å². The number of anilines is 1. The van der Waals surface area contributed by atoms with E-state index < -0.39 is 0 Å². The molecule has 0 aliphatic rings. The summed E-state index contributed by atoms with van der Waals surface area (Å²) >= 11 is 0. The fourth-order valence-corrected chi connectivity index (χ4v) is 3.38. The summed E-state index contributed by atoms with van der Waals surface area (Å²) in [5, 5.41) is 4.39. The van der Waals surface area contributed by atoms with Gasteiger partial charge in [-0.15, -0.1) is 0 Å². The molecule has 0 radical (unpaired) electrons. The predicted octanol–water partition coefficient (Wildman–Crippen LogP) is 5.17. The lowest BCUT2D eigenvalue weighted by molar-refractivity contribution is -0.132. The molecule has 3 aromatic rings. The number of hydrogen-bond acceptors (Lipinski definition) is 4. The molecule has 0 fully saturated rings. The summed E-state index contributed by atoms with van der Waals surface area (Å²) in [5.74, 6) is 0.802. The van der Waals surface area contributed by atoms with E-state index in [1.165, 1.54) is 0 Å². The number of nitrogens with zero attached hydrogens (tertiary/aromatic N) is 3. The molecule has 0 saturated carbocycles. The molecule has 1 aromatic heterocycles. The van der Waals surface area contributed by atoms with Crippen molar-refractivity contribution in [3.63, 3.8) is 0 Å². The van der Waals surface area contributed by atoms with Crippen molar-refractivity contribution in [1.82, 2.24) is 10.1 Å². The van der Waals surface area contributed by atoms with Gasteiger partial charge in [0.1, 0.15) is 5.69 Å². The van der Waals surface area contributed by atoms with Crippen molar-refractivity contribution >= 4 is 11.8 Å². The molecule has 2 aromatic carbocycles. The third-order valence-electron chi connectivity index (χ3n) is 5.38. The maximum Gasteiger partial charge on any atom is 0.232 e. The van der Waals surface area contributed by atoms with Crippen molar-refractivity contribution in [2.45, 2.75) is 52.7 Å². The second-order valence-electron chi connectivity index (χ2n) is 8.16. The fraction of sp³-hybridized carbons (Fsp3) is 0.360. The molecule has 0 bridgehead atoms. The number of carbonyl (C=O) groups excluding carboxylic acids is 1. The second-order valence-corrected chi connectivity index (χ2v) is 8.16. The average molecular weight is 406 g/mol. The van der Waals surface area contributed by atoms with Crippen LogP contribution in [0.5, 0.6) is 0 Å². The topological polar surface area (TPSA) is 49.6 Å². The Labute approximate surface area is 179 Å². The Bertz CT molecular complexity index is 949. The van der Waals surface area contributed by atoms with Crippen LogP contribution in [0.2, 0.25) is 0 Å². The maximum absolute atomic E-state index is 13.2. The van der Waals surface area contributed by atoms with E-state index in [2.05, 4.69) is 23.9 Å². The van der Waals surface area contributed by atoms with E-state index in [4.69, 9.17) is 4.52 Å². The van der Waals surface area contributed by atoms with Gasteiger partial charge in [0.15, 0.2) is 0 Å². The van der Waals surface area contributed by atoms with E-state index in [0.29, 0.717) is 18.8 Å². The van der Waals surface area contributed by atoms with Crippen LogP contribution in [0.15, 0.2) is 65.2 Å². The van der Waals surface area contributed by atoms with Crippen LogP contribution < -0.4 is 4.90 Å². The highest BCUT2D eigenvalue weighted by atomic mass is 16.5. The van der Waals surface area contributed by atoms with Crippen molar-refractivity contribution in [3.05, 3.63) is 71.8 Å². The fourth-order valence-electron chi connectivity index (χ4n) is 3.38. The Morgan fingerprint density at radius 1 is 0.933 bits per heavy atom. The van der Waals surface area contributed by atoms with Crippen LogP contribution in [0.4, 0.5) is 5.88 Å². The molecule has 1 amide bonds. The molecule has 5 nitrogen and oxygen atoms in total. The van der Waals surface area contributed by atoms with E-state index in [0.717, 1.165) is 22.4 Å². The molecule has 0 unspecified atom stereocenters. The van der Waals surface area contributed by atoms with Crippen LogP contribution in [-0.2, 0) is 17.8 Å². The third kappa shape index (κ3) is 4.90. The van der Waals surface area contributed by atoms with Gasteiger partial charge in [0, 0.05) is 24.7 Å². The Kier molecular flexibility index (Phi) is 6.93. The minimum Gasteiger partial charge on any atom is -0.341 e. The summed E-state index contributed by atoms with van der Waals surface area (Å²) in [7, 11) is 1.99. The first kappa shape index (κ1) is 21.6. The highest BCUT2D eigenvalue weighted by molar-refractivity contribution is 5.80. The normalized spacial score (nSPS) is 11.2. The first-order valence-corrected chi connectivity index (χ1v) is 10.5. The first-order valence-electron chi connectivity index (χ1n) is 10.5. The van der Waals surface area contributed by atoms with Crippen LogP contribution in [0.25, 0.3) is 11.3 Å².